The van der Waals surface area contributed by atoms with Crippen LogP contribution >= 0.6 is 38.9 Å². The molecule has 1 aromatic heterocycles. The maximum absolute atomic E-state index is 11.0. The monoisotopic (exact) mass is 274 g/mol. The van der Waals surface area contributed by atoms with Crippen LogP contribution in [0.15, 0.2) is 28.1 Å². The third-order valence-corrected chi connectivity index (χ3v) is 3.92. The summed E-state index contributed by atoms with van der Waals surface area (Å²) in [5.74, 6) is 0. The second-order valence-electron chi connectivity index (χ2n) is 2.54. The van der Waals surface area contributed by atoms with E-state index in [0.717, 1.165) is 14.6 Å². The molecule has 0 saturated carbocycles. The van der Waals surface area contributed by atoms with E-state index in [4.69, 9.17) is 11.6 Å². The molecule has 2 rings (SSSR count). The fourth-order valence-corrected chi connectivity index (χ4v) is 3.00. The van der Waals surface area contributed by atoms with Gasteiger partial charge in [0.05, 0.1) is 5.56 Å². The van der Waals surface area contributed by atoms with Crippen LogP contribution in [0.2, 0.25) is 0 Å². The van der Waals surface area contributed by atoms with Crippen molar-refractivity contribution >= 4 is 54.2 Å². The van der Waals surface area contributed by atoms with Gasteiger partial charge < -0.3 is 0 Å². The van der Waals surface area contributed by atoms with Crippen LogP contribution in [0.1, 0.15) is 10.4 Å². The molecule has 0 spiro atoms. The molecule has 0 amide bonds. The van der Waals surface area contributed by atoms with E-state index in [1.807, 2.05) is 18.2 Å². The molecule has 4 heteroatoms. The first-order valence-electron chi connectivity index (χ1n) is 3.55. The van der Waals surface area contributed by atoms with E-state index in [1.54, 1.807) is 5.38 Å². The number of rotatable bonds is 1. The summed E-state index contributed by atoms with van der Waals surface area (Å²) in [6.07, 6.45) is 0. The molecule has 0 unspecified atom stereocenters. The van der Waals surface area contributed by atoms with E-state index < -0.39 is 5.24 Å². The van der Waals surface area contributed by atoms with Gasteiger partial charge in [-0.15, -0.1) is 11.3 Å². The largest absolute Gasteiger partial charge is 0.276 e. The molecular formula is C9H4BrClOS. The van der Waals surface area contributed by atoms with Gasteiger partial charge in [-0.25, -0.2) is 0 Å². The molecule has 0 bridgehead atoms. The summed E-state index contributed by atoms with van der Waals surface area (Å²) in [5, 5.41) is 2.30. The van der Waals surface area contributed by atoms with Crippen molar-refractivity contribution < 1.29 is 4.79 Å². The van der Waals surface area contributed by atoms with Crippen LogP contribution in [-0.4, -0.2) is 5.24 Å². The number of fused-ring (bicyclic) bond motifs is 1. The van der Waals surface area contributed by atoms with Gasteiger partial charge in [-0.2, -0.15) is 0 Å². The third kappa shape index (κ3) is 1.52. The molecule has 0 N–H and O–H groups in total. The topological polar surface area (TPSA) is 17.1 Å². The first kappa shape index (κ1) is 9.19. The van der Waals surface area contributed by atoms with Crippen LogP contribution in [0.3, 0.4) is 0 Å². The molecule has 0 fully saturated rings. The molecule has 0 aliphatic rings. The standard InChI is InChI=1S/C9H4BrClOS/c10-7-3-1-2-5-6(9(11)12)4-13-8(5)7/h1-4H. The average Bonchev–Trinajstić information content (AvgIpc) is 2.48. The van der Waals surface area contributed by atoms with Crippen molar-refractivity contribution in [1.29, 1.82) is 0 Å². The van der Waals surface area contributed by atoms with E-state index in [9.17, 15) is 4.79 Å². The molecule has 1 nitrogen and oxygen atoms in total. The first-order chi connectivity index (χ1) is 6.20. The third-order valence-electron chi connectivity index (χ3n) is 1.76. The maximum Gasteiger partial charge on any atom is 0.253 e. The zero-order chi connectivity index (χ0) is 9.42. The molecule has 0 saturated heterocycles. The summed E-state index contributed by atoms with van der Waals surface area (Å²) < 4.78 is 2.06. The van der Waals surface area contributed by atoms with Crippen molar-refractivity contribution in [2.24, 2.45) is 0 Å². The van der Waals surface area contributed by atoms with Crippen LogP contribution in [0, 0.1) is 0 Å². The van der Waals surface area contributed by atoms with Crippen molar-refractivity contribution in [3.8, 4) is 0 Å². The minimum absolute atomic E-state index is 0.399. The summed E-state index contributed by atoms with van der Waals surface area (Å²) in [5.41, 5.74) is 0.586. The highest BCUT2D eigenvalue weighted by molar-refractivity contribution is 9.10. The van der Waals surface area contributed by atoms with E-state index in [-0.39, 0.29) is 0 Å². The Kier molecular flexibility index (Phi) is 2.41. The number of halogens is 2. The lowest BCUT2D eigenvalue weighted by Crippen LogP contribution is -1.84. The summed E-state index contributed by atoms with van der Waals surface area (Å²) in [7, 11) is 0. The normalized spacial score (nSPS) is 10.6. The fourth-order valence-electron chi connectivity index (χ4n) is 1.17. The predicted molar refractivity (Wildman–Crippen MR) is 59.7 cm³/mol. The second kappa shape index (κ2) is 3.40. The van der Waals surface area contributed by atoms with E-state index in [2.05, 4.69) is 15.9 Å². The Morgan fingerprint density at radius 3 is 2.92 bits per heavy atom. The molecule has 66 valence electrons. The van der Waals surface area contributed by atoms with Crippen molar-refractivity contribution in [3.05, 3.63) is 33.6 Å². The van der Waals surface area contributed by atoms with Gasteiger partial charge in [0.15, 0.2) is 0 Å². The molecule has 0 aliphatic carbocycles. The van der Waals surface area contributed by atoms with Gasteiger partial charge in [0.1, 0.15) is 0 Å². The fraction of sp³-hybridized carbons (Fsp3) is 0. The molecule has 2 aromatic rings. The Hall–Kier alpha value is -0.380. The zero-order valence-electron chi connectivity index (χ0n) is 6.38. The average molecular weight is 276 g/mol. The Balaban J connectivity index is 2.83. The lowest BCUT2D eigenvalue weighted by molar-refractivity contribution is 0.108. The summed E-state index contributed by atoms with van der Waals surface area (Å²) >= 11 is 10.4. The maximum atomic E-state index is 11.0. The van der Waals surface area contributed by atoms with Gasteiger partial charge in [0.25, 0.3) is 5.24 Å². The summed E-state index contributed by atoms with van der Waals surface area (Å²) in [6.45, 7) is 0. The highest BCUT2D eigenvalue weighted by atomic mass is 79.9. The zero-order valence-corrected chi connectivity index (χ0v) is 9.54. The number of benzene rings is 1. The molecule has 0 atom stereocenters. The highest BCUT2D eigenvalue weighted by Gasteiger charge is 2.10. The van der Waals surface area contributed by atoms with Crippen LogP contribution in [-0.2, 0) is 0 Å². The molecule has 1 heterocycles. The van der Waals surface area contributed by atoms with Gasteiger partial charge >= 0.3 is 0 Å². The Morgan fingerprint density at radius 1 is 1.46 bits per heavy atom. The Labute approximate surface area is 92.5 Å². The minimum atomic E-state index is -0.399. The second-order valence-corrected chi connectivity index (χ2v) is 4.62. The summed E-state index contributed by atoms with van der Waals surface area (Å²) in [6, 6.07) is 5.73. The lowest BCUT2D eigenvalue weighted by Gasteiger charge is -1.93. The number of carbonyl (C=O) groups is 1. The lowest BCUT2D eigenvalue weighted by atomic mass is 10.2. The first-order valence-corrected chi connectivity index (χ1v) is 5.61. The van der Waals surface area contributed by atoms with Crippen LogP contribution < -0.4 is 0 Å². The molecule has 1 aromatic carbocycles. The smallest absolute Gasteiger partial charge is 0.253 e. The number of thiophene rings is 1. The van der Waals surface area contributed by atoms with Gasteiger partial charge in [0, 0.05) is 19.9 Å². The quantitative estimate of drug-likeness (QED) is 0.718. The van der Waals surface area contributed by atoms with Crippen molar-refractivity contribution in [2.45, 2.75) is 0 Å². The van der Waals surface area contributed by atoms with Crippen molar-refractivity contribution in [1.82, 2.24) is 0 Å². The van der Waals surface area contributed by atoms with Gasteiger partial charge in [-0.1, -0.05) is 12.1 Å². The molecular weight excluding hydrogens is 272 g/mol. The van der Waals surface area contributed by atoms with Crippen molar-refractivity contribution in [2.75, 3.05) is 0 Å². The molecule has 0 radical (unpaired) electrons. The Bertz CT molecular complexity index is 477. The van der Waals surface area contributed by atoms with E-state index in [1.165, 1.54) is 11.3 Å². The SMILES string of the molecule is O=C(Cl)c1csc2c(Br)cccc12. The van der Waals surface area contributed by atoms with Crippen molar-refractivity contribution in [3.63, 3.8) is 0 Å². The Morgan fingerprint density at radius 2 is 2.23 bits per heavy atom. The van der Waals surface area contributed by atoms with Gasteiger partial charge in [0.2, 0.25) is 0 Å². The number of hydrogen-bond donors (Lipinski definition) is 0. The van der Waals surface area contributed by atoms with Gasteiger partial charge in [-0.3, -0.25) is 4.79 Å². The molecule has 13 heavy (non-hydrogen) atoms. The highest BCUT2D eigenvalue weighted by Crippen LogP contribution is 2.32. The minimum Gasteiger partial charge on any atom is -0.276 e. The molecule has 0 aliphatic heterocycles. The van der Waals surface area contributed by atoms with Crippen LogP contribution in [0.4, 0.5) is 0 Å². The predicted octanol–water partition coefficient (Wildman–Crippen LogP) is 4.04. The van der Waals surface area contributed by atoms with E-state index >= 15 is 0 Å². The number of hydrogen-bond acceptors (Lipinski definition) is 2. The summed E-state index contributed by atoms with van der Waals surface area (Å²) in [4.78, 5) is 11.0. The number of carbonyl (C=O) groups excluding carboxylic acids is 1. The van der Waals surface area contributed by atoms with Crippen LogP contribution in [0.5, 0.6) is 0 Å². The van der Waals surface area contributed by atoms with Gasteiger partial charge in [-0.05, 0) is 33.6 Å². The van der Waals surface area contributed by atoms with Crippen LogP contribution in [0.25, 0.3) is 10.1 Å². The van der Waals surface area contributed by atoms with E-state index in [0.29, 0.717) is 5.56 Å².